The molecule has 1 unspecified atom stereocenters. The summed E-state index contributed by atoms with van der Waals surface area (Å²) in [7, 11) is 4.06. The third-order valence-corrected chi connectivity index (χ3v) is 3.98. The van der Waals surface area contributed by atoms with Crippen molar-refractivity contribution in [2.75, 3.05) is 27.2 Å². The van der Waals surface area contributed by atoms with Crippen molar-refractivity contribution < 1.29 is 4.79 Å². The first-order valence-corrected chi connectivity index (χ1v) is 7.47. The molecule has 0 aliphatic heterocycles. The molecule has 0 rings (SSSR count). The zero-order valence-corrected chi connectivity index (χ0v) is 13.5. The minimum atomic E-state index is -0.00423. The molecule has 0 radical (unpaired) electrons. The molecule has 0 aromatic heterocycles. The molecule has 4 nitrogen and oxygen atoms in total. The van der Waals surface area contributed by atoms with Crippen LogP contribution in [-0.4, -0.2) is 43.5 Å². The third kappa shape index (κ3) is 8.22. The van der Waals surface area contributed by atoms with Crippen molar-refractivity contribution in [2.24, 2.45) is 11.7 Å². The molecule has 19 heavy (non-hydrogen) atoms. The summed E-state index contributed by atoms with van der Waals surface area (Å²) in [6.07, 6.45) is 4.95. The van der Waals surface area contributed by atoms with Gasteiger partial charge < -0.3 is 16.0 Å². The van der Waals surface area contributed by atoms with Gasteiger partial charge in [-0.15, -0.1) is 0 Å². The first-order valence-electron chi connectivity index (χ1n) is 7.47. The lowest BCUT2D eigenvalue weighted by Crippen LogP contribution is -2.48. The first-order chi connectivity index (χ1) is 8.83. The highest BCUT2D eigenvalue weighted by Gasteiger charge is 2.21. The number of hydrogen-bond acceptors (Lipinski definition) is 3. The Morgan fingerprint density at radius 2 is 1.89 bits per heavy atom. The number of amides is 1. The van der Waals surface area contributed by atoms with E-state index in [4.69, 9.17) is 5.73 Å². The first kappa shape index (κ1) is 18.4. The van der Waals surface area contributed by atoms with E-state index in [1.165, 1.54) is 12.8 Å². The Bertz CT molecular complexity index is 246. The summed E-state index contributed by atoms with van der Waals surface area (Å²) < 4.78 is 0. The monoisotopic (exact) mass is 271 g/mol. The summed E-state index contributed by atoms with van der Waals surface area (Å²) in [5.41, 5.74) is 5.60. The Morgan fingerprint density at radius 1 is 1.26 bits per heavy atom. The summed E-state index contributed by atoms with van der Waals surface area (Å²) in [4.78, 5) is 14.0. The molecule has 4 heteroatoms. The van der Waals surface area contributed by atoms with Crippen molar-refractivity contribution in [3.8, 4) is 0 Å². The quantitative estimate of drug-likeness (QED) is 0.639. The van der Waals surface area contributed by atoms with Crippen LogP contribution in [0.15, 0.2) is 0 Å². The minimum Gasteiger partial charge on any atom is -0.354 e. The van der Waals surface area contributed by atoms with E-state index in [2.05, 4.69) is 31.0 Å². The molecule has 0 saturated heterocycles. The molecule has 1 amide bonds. The SMILES string of the molecule is CCCC(CCN)CCC(=O)NCC(C)(C)N(C)C. The Hall–Kier alpha value is -0.610. The number of nitrogens with one attached hydrogen (secondary N) is 1. The second kappa shape index (κ2) is 9.32. The number of carbonyl (C=O) groups is 1. The zero-order chi connectivity index (χ0) is 14.9. The third-order valence-electron chi connectivity index (χ3n) is 3.98. The lowest BCUT2D eigenvalue weighted by Gasteiger charge is -2.32. The van der Waals surface area contributed by atoms with Crippen LogP contribution in [-0.2, 0) is 4.79 Å². The molecule has 0 saturated carbocycles. The van der Waals surface area contributed by atoms with Crippen LogP contribution in [0.25, 0.3) is 0 Å². The molecular formula is C15H33N3O. The molecular weight excluding hydrogens is 238 g/mol. The number of likely N-dealkylation sites (N-methyl/N-ethyl adjacent to an activating group) is 1. The number of nitrogens with zero attached hydrogens (tertiary/aromatic N) is 1. The summed E-state index contributed by atoms with van der Waals surface area (Å²) in [6.45, 7) is 7.85. The van der Waals surface area contributed by atoms with E-state index in [1.54, 1.807) is 0 Å². The van der Waals surface area contributed by atoms with Gasteiger partial charge in [0.15, 0.2) is 0 Å². The normalized spacial score (nSPS) is 13.6. The predicted octanol–water partition coefficient (Wildman–Crippen LogP) is 1.99. The van der Waals surface area contributed by atoms with Gasteiger partial charge >= 0.3 is 0 Å². The molecule has 0 bridgehead atoms. The molecule has 0 heterocycles. The van der Waals surface area contributed by atoms with Gasteiger partial charge in [0.1, 0.15) is 0 Å². The van der Waals surface area contributed by atoms with E-state index < -0.39 is 0 Å². The molecule has 0 aliphatic carbocycles. The summed E-state index contributed by atoms with van der Waals surface area (Å²) >= 11 is 0. The minimum absolute atomic E-state index is 0.00423. The van der Waals surface area contributed by atoms with Gasteiger partial charge in [0.05, 0.1) is 0 Å². The highest BCUT2D eigenvalue weighted by molar-refractivity contribution is 5.75. The fourth-order valence-corrected chi connectivity index (χ4v) is 1.97. The second-order valence-electron chi connectivity index (χ2n) is 6.25. The maximum Gasteiger partial charge on any atom is 0.220 e. The lowest BCUT2D eigenvalue weighted by molar-refractivity contribution is -0.121. The van der Waals surface area contributed by atoms with Crippen LogP contribution in [0.3, 0.4) is 0 Å². The molecule has 3 N–H and O–H groups in total. The van der Waals surface area contributed by atoms with Gasteiger partial charge in [-0.25, -0.2) is 0 Å². The highest BCUT2D eigenvalue weighted by Crippen LogP contribution is 2.17. The number of nitrogens with two attached hydrogens (primary N) is 1. The molecule has 1 atom stereocenters. The molecule has 114 valence electrons. The van der Waals surface area contributed by atoms with Crippen LogP contribution >= 0.6 is 0 Å². The Kier molecular flexibility index (Phi) is 9.02. The zero-order valence-electron chi connectivity index (χ0n) is 13.5. The van der Waals surface area contributed by atoms with E-state index in [9.17, 15) is 4.79 Å². The van der Waals surface area contributed by atoms with Crippen molar-refractivity contribution in [1.82, 2.24) is 10.2 Å². The molecule has 0 aromatic carbocycles. The van der Waals surface area contributed by atoms with Gasteiger partial charge in [-0.3, -0.25) is 4.79 Å². The number of hydrogen-bond donors (Lipinski definition) is 2. The summed E-state index contributed by atoms with van der Waals surface area (Å²) in [5.74, 6) is 0.760. The highest BCUT2D eigenvalue weighted by atomic mass is 16.1. The van der Waals surface area contributed by atoms with Crippen LogP contribution in [0.2, 0.25) is 0 Å². The van der Waals surface area contributed by atoms with Gasteiger partial charge in [-0.2, -0.15) is 0 Å². The molecule has 0 aliphatic rings. The summed E-state index contributed by atoms with van der Waals surface area (Å²) in [6, 6.07) is 0. The number of rotatable bonds is 10. The van der Waals surface area contributed by atoms with E-state index in [0.29, 0.717) is 18.9 Å². The van der Waals surface area contributed by atoms with Gasteiger partial charge in [0.2, 0.25) is 5.91 Å². The molecule has 0 aromatic rings. The second-order valence-corrected chi connectivity index (χ2v) is 6.25. The van der Waals surface area contributed by atoms with Crippen LogP contribution in [0.5, 0.6) is 0 Å². The average Bonchev–Trinajstić information content (AvgIpc) is 2.34. The smallest absolute Gasteiger partial charge is 0.220 e. The van der Waals surface area contributed by atoms with Gasteiger partial charge in [0.25, 0.3) is 0 Å². The Labute approximate surface area is 119 Å². The maximum absolute atomic E-state index is 11.9. The van der Waals surface area contributed by atoms with Crippen LogP contribution < -0.4 is 11.1 Å². The average molecular weight is 271 g/mol. The van der Waals surface area contributed by atoms with Crippen molar-refractivity contribution in [3.63, 3.8) is 0 Å². The van der Waals surface area contributed by atoms with Crippen molar-refractivity contribution in [1.29, 1.82) is 0 Å². The Balaban J connectivity index is 3.97. The lowest BCUT2D eigenvalue weighted by atomic mass is 9.94. The van der Waals surface area contributed by atoms with E-state index >= 15 is 0 Å². The van der Waals surface area contributed by atoms with Crippen molar-refractivity contribution >= 4 is 5.91 Å². The van der Waals surface area contributed by atoms with Crippen LogP contribution in [0.4, 0.5) is 0 Å². The van der Waals surface area contributed by atoms with E-state index in [0.717, 1.165) is 19.4 Å². The van der Waals surface area contributed by atoms with E-state index in [1.807, 2.05) is 14.1 Å². The van der Waals surface area contributed by atoms with Gasteiger partial charge in [-0.05, 0) is 53.2 Å². The number of carbonyl (C=O) groups excluding carboxylic acids is 1. The fraction of sp³-hybridized carbons (Fsp3) is 0.933. The maximum atomic E-state index is 11.9. The molecule has 0 spiro atoms. The van der Waals surface area contributed by atoms with Crippen LogP contribution in [0, 0.1) is 5.92 Å². The van der Waals surface area contributed by atoms with Gasteiger partial charge in [0, 0.05) is 18.5 Å². The van der Waals surface area contributed by atoms with Crippen molar-refractivity contribution in [3.05, 3.63) is 0 Å². The standard InChI is InChI=1S/C15H33N3O/c1-6-7-13(10-11-16)8-9-14(19)17-12-15(2,3)18(4)5/h13H,6-12,16H2,1-5H3,(H,17,19). The fourth-order valence-electron chi connectivity index (χ4n) is 1.97. The Morgan fingerprint density at radius 3 is 2.37 bits per heavy atom. The van der Waals surface area contributed by atoms with Crippen LogP contribution in [0.1, 0.15) is 52.9 Å². The summed E-state index contributed by atoms with van der Waals surface area (Å²) in [5, 5.41) is 3.03. The molecule has 0 fully saturated rings. The predicted molar refractivity (Wildman–Crippen MR) is 82.1 cm³/mol. The van der Waals surface area contributed by atoms with E-state index in [-0.39, 0.29) is 11.4 Å². The van der Waals surface area contributed by atoms with Crippen molar-refractivity contribution in [2.45, 2.75) is 58.4 Å². The topological polar surface area (TPSA) is 58.4 Å². The largest absolute Gasteiger partial charge is 0.354 e. The van der Waals surface area contributed by atoms with Gasteiger partial charge in [-0.1, -0.05) is 19.8 Å².